The molecule has 0 aliphatic rings. The first kappa shape index (κ1) is 14.6. The van der Waals surface area contributed by atoms with E-state index < -0.39 is 0 Å². The van der Waals surface area contributed by atoms with E-state index in [4.69, 9.17) is 5.11 Å². The van der Waals surface area contributed by atoms with Crippen LogP contribution in [0.4, 0.5) is 5.69 Å². The summed E-state index contributed by atoms with van der Waals surface area (Å²) in [6.07, 6.45) is 1.66. The maximum atomic E-state index is 10.8. The first-order chi connectivity index (χ1) is 8.56. The van der Waals surface area contributed by atoms with Gasteiger partial charge >= 0.3 is 0 Å². The fourth-order valence-corrected chi connectivity index (χ4v) is 1.84. The molecule has 0 saturated carbocycles. The van der Waals surface area contributed by atoms with Crippen molar-refractivity contribution in [3.05, 3.63) is 39.4 Å². The monoisotopic (exact) mass is 252 g/mol. The van der Waals surface area contributed by atoms with Gasteiger partial charge in [0.1, 0.15) is 0 Å². The molecule has 5 heteroatoms. The molecular weight excluding hydrogens is 232 g/mol. The van der Waals surface area contributed by atoms with Crippen LogP contribution in [0.25, 0.3) is 0 Å². The van der Waals surface area contributed by atoms with E-state index in [1.165, 1.54) is 6.07 Å². The van der Waals surface area contributed by atoms with Gasteiger partial charge in [-0.15, -0.1) is 0 Å². The van der Waals surface area contributed by atoms with E-state index in [0.717, 1.165) is 18.4 Å². The predicted octanol–water partition coefficient (Wildman–Crippen LogP) is 2.15. The molecule has 5 nitrogen and oxygen atoms in total. The first-order valence-corrected chi connectivity index (χ1v) is 6.13. The second-order valence-electron chi connectivity index (χ2n) is 4.47. The fraction of sp³-hybridized carbons (Fsp3) is 0.538. The molecule has 0 amide bonds. The second-order valence-corrected chi connectivity index (χ2v) is 4.47. The third-order valence-electron chi connectivity index (χ3n) is 3.05. The molecular formula is C13H20N2O3. The molecule has 0 aliphatic carbocycles. The Morgan fingerprint density at radius 1 is 1.50 bits per heavy atom. The largest absolute Gasteiger partial charge is 0.396 e. The summed E-state index contributed by atoms with van der Waals surface area (Å²) in [5.41, 5.74) is 1.82. The van der Waals surface area contributed by atoms with Crippen LogP contribution in [0, 0.1) is 17.0 Å². The molecule has 0 radical (unpaired) electrons. The zero-order valence-electron chi connectivity index (χ0n) is 10.8. The van der Waals surface area contributed by atoms with Gasteiger partial charge in [0.05, 0.1) is 4.92 Å². The van der Waals surface area contributed by atoms with Crippen molar-refractivity contribution in [3.63, 3.8) is 0 Å². The van der Waals surface area contributed by atoms with Crippen LogP contribution in [-0.4, -0.2) is 22.7 Å². The van der Waals surface area contributed by atoms with E-state index in [0.29, 0.717) is 12.1 Å². The molecule has 18 heavy (non-hydrogen) atoms. The number of nitrogens with zero attached hydrogens (tertiary/aromatic N) is 1. The molecule has 0 aliphatic heterocycles. The van der Waals surface area contributed by atoms with Crippen LogP contribution in [0.3, 0.4) is 0 Å². The summed E-state index contributed by atoms with van der Waals surface area (Å²) >= 11 is 0. The van der Waals surface area contributed by atoms with Crippen molar-refractivity contribution in [2.75, 3.05) is 6.61 Å². The van der Waals surface area contributed by atoms with E-state index in [2.05, 4.69) is 5.32 Å². The van der Waals surface area contributed by atoms with Gasteiger partial charge in [0, 0.05) is 30.8 Å². The van der Waals surface area contributed by atoms with Gasteiger partial charge in [0.25, 0.3) is 5.69 Å². The van der Waals surface area contributed by atoms with Crippen molar-refractivity contribution in [2.24, 2.45) is 0 Å². The van der Waals surface area contributed by atoms with Crippen LogP contribution in [-0.2, 0) is 6.54 Å². The summed E-state index contributed by atoms with van der Waals surface area (Å²) in [6.45, 7) is 4.62. The number of rotatable bonds is 7. The summed E-state index contributed by atoms with van der Waals surface area (Å²) < 4.78 is 0. The van der Waals surface area contributed by atoms with E-state index in [9.17, 15) is 10.1 Å². The highest BCUT2D eigenvalue weighted by molar-refractivity contribution is 5.44. The van der Waals surface area contributed by atoms with Crippen molar-refractivity contribution >= 4 is 5.69 Å². The number of aliphatic hydroxyl groups excluding tert-OH is 1. The van der Waals surface area contributed by atoms with Crippen molar-refractivity contribution in [2.45, 2.75) is 39.3 Å². The van der Waals surface area contributed by atoms with E-state index in [-0.39, 0.29) is 23.3 Å². The molecule has 1 unspecified atom stereocenters. The van der Waals surface area contributed by atoms with E-state index in [1.807, 2.05) is 13.0 Å². The van der Waals surface area contributed by atoms with Gasteiger partial charge in [0.2, 0.25) is 0 Å². The Morgan fingerprint density at radius 3 is 2.83 bits per heavy atom. The zero-order valence-corrected chi connectivity index (χ0v) is 10.8. The Bertz CT molecular complexity index is 407. The van der Waals surface area contributed by atoms with Crippen LogP contribution < -0.4 is 5.32 Å². The standard InChI is InChI=1S/C13H20N2O3/c1-10(5-4-8-16)14-9-12-6-3-7-13(11(12)2)15(17)18/h3,6-7,10,14,16H,4-5,8-9H2,1-2H3. The molecule has 0 aromatic heterocycles. The maximum absolute atomic E-state index is 10.8. The van der Waals surface area contributed by atoms with Crippen molar-refractivity contribution in [1.82, 2.24) is 5.32 Å². The highest BCUT2D eigenvalue weighted by Gasteiger charge is 2.13. The molecule has 0 spiro atoms. The van der Waals surface area contributed by atoms with Crippen LogP contribution in [0.2, 0.25) is 0 Å². The smallest absolute Gasteiger partial charge is 0.272 e. The number of hydrogen-bond acceptors (Lipinski definition) is 4. The topological polar surface area (TPSA) is 75.4 Å². The lowest BCUT2D eigenvalue weighted by Gasteiger charge is -2.14. The van der Waals surface area contributed by atoms with Crippen molar-refractivity contribution < 1.29 is 10.0 Å². The predicted molar refractivity (Wildman–Crippen MR) is 70.5 cm³/mol. The molecule has 100 valence electrons. The van der Waals surface area contributed by atoms with Gasteiger partial charge in [-0.3, -0.25) is 10.1 Å². The number of nitro benzene ring substituents is 1. The third-order valence-corrected chi connectivity index (χ3v) is 3.05. The Hall–Kier alpha value is -1.46. The van der Waals surface area contributed by atoms with Gasteiger partial charge in [-0.2, -0.15) is 0 Å². The minimum Gasteiger partial charge on any atom is -0.396 e. The van der Waals surface area contributed by atoms with Gasteiger partial charge in [-0.05, 0) is 32.3 Å². The highest BCUT2D eigenvalue weighted by Crippen LogP contribution is 2.20. The minimum atomic E-state index is -0.353. The lowest BCUT2D eigenvalue weighted by atomic mass is 10.1. The number of nitro groups is 1. The Balaban J connectivity index is 2.62. The number of nitrogens with one attached hydrogen (secondary N) is 1. The molecule has 0 saturated heterocycles. The lowest BCUT2D eigenvalue weighted by Crippen LogP contribution is -2.26. The summed E-state index contributed by atoms with van der Waals surface area (Å²) in [5.74, 6) is 0. The zero-order chi connectivity index (χ0) is 13.5. The van der Waals surface area contributed by atoms with Crippen molar-refractivity contribution in [3.8, 4) is 0 Å². The SMILES string of the molecule is Cc1c(CNC(C)CCCO)cccc1[N+](=O)[O-]. The molecule has 1 aromatic rings. The molecule has 0 heterocycles. The van der Waals surface area contributed by atoms with Gasteiger partial charge in [-0.25, -0.2) is 0 Å². The average Bonchev–Trinajstić information content (AvgIpc) is 2.34. The number of benzene rings is 1. The average molecular weight is 252 g/mol. The highest BCUT2D eigenvalue weighted by atomic mass is 16.6. The molecule has 2 N–H and O–H groups in total. The number of hydrogen-bond donors (Lipinski definition) is 2. The quantitative estimate of drug-likeness (QED) is 0.576. The van der Waals surface area contributed by atoms with Crippen molar-refractivity contribution in [1.29, 1.82) is 0 Å². The first-order valence-electron chi connectivity index (χ1n) is 6.13. The Morgan fingerprint density at radius 2 is 2.22 bits per heavy atom. The molecule has 1 aromatic carbocycles. The van der Waals surface area contributed by atoms with Crippen LogP contribution in [0.15, 0.2) is 18.2 Å². The third kappa shape index (κ3) is 4.09. The molecule has 0 bridgehead atoms. The van der Waals surface area contributed by atoms with E-state index in [1.54, 1.807) is 13.0 Å². The fourth-order valence-electron chi connectivity index (χ4n) is 1.84. The summed E-state index contributed by atoms with van der Waals surface area (Å²) in [4.78, 5) is 10.5. The van der Waals surface area contributed by atoms with E-state index >= 15 is 0 Å². The Labute approximate surface area is 107 Å². The minimum absolute atomic E-state index is 0.164. The Kier molecular flexibility index (Phi) is 5.74. The molecule has 1 atom stereocenters. The van der Waals surface area contributed by atoms with Gasteiger partial charge < -0.3 is 10.4 Å². The second kappa shape index (κ2) is 7.08. The molecule has 1 rings (SSSR count). The number of aliphatic hydroxyl groups is 1. The van der Waals surface area contributed by atoms with Crippen LogP contribution >= 0.6 is 0 Å². The summed E-state index contributed by atoms with van der Waals surface area (Å²) in [7, 11) is 0. The van der Waals surface area contributed by atoms with Gasteiger partial charge in [-0.1, -0.05) is 12.1 Å². The van der Waals surface area contributed by atoms with Gasteiger partial charge in [0.15, 0.2) is 0 Å². The van der Waals surface area contributed by atoms with Crippen LogP contribution in [0.1, 0.15) is 30.9 Å². The van der Waals surface area contributed by atoms with Crippen LogP contribution in [0.5, 0.6) is 0 Å². The lowest BCUT2D eigenvalue weighted by molar-refractivity contribution is -0.385. The normalized spacial score (nSPS) is 12.4. The summed E-state index contributed by atoms with van der Waals surface area (Å²) in [6, 6.07) is 5.42. The maximum Gasteiger partial charge on any atom is 0.272 e. The summed E-state index contributed by atoms with van der Waals surface area (Å²) in [5, 5.41) is 22.9. The molecule has 0 fully saturated rings.